The summed E-state index contributed by atoms with van der Waals surface area (Å²) in [6, 6.07) is 29.3. The van der Waals surface area contributed by atoms with Gasteiger partial charge in [-0.2, -0.15) is 5.10 Å². The van der Waals surface area contributed by atoms with Crippen LogP contribution < -0.4 is 0 Å². The number of aromatic nitrogens is 4. The third-order valence-corrected chi connectivity index (χ3v) is 5.55. The van der Waals surface area contributed by atoms with E-state index >= 15 is 0 Å². The molecule has 0 aliphatic rings. The summed E-state index contributed by atoms with van der Waals surface area (Å²) in [4.78, 5) is 8.97. The predicted molar refractivity (Wildman–Crippen MR) is 120 cm³/mol. The zero-order valence-corrected chi connectivity index (χ0v) is 16.2. The molecule has 0 saturated heterocycles. The third-order valence-electron chi connectivity index (χ3n) is 5.55. The van der Waals surface area contributed by atoms with Gasteiger partial charge in [0, 0.05) is 23.6 Å². The lowest BCUT2D eigenvalue weighted by molar-refractivity contribution is 0.877. The molecule has 0 N–H and O–H groups in total. The van der Waals surface area contributed by atoms with E-state index < -0.39 is 0 Å². The number of nitrogens with zero attached hydrogens (tertiary/aromatic N) is 4. The van der Waals surface area contributed by atoms with Gasteiger partial charge in [0.15, 0.2) is 5.65 Å². The van der Waals surface area contributed by atoms with Crippen LogP contribution in [-0.2, 0) is 6.42 Å². The molecular formula is C26H18N4. The average Bonchev–Trinajstić information content (AvgIpc) is 3.20. The highest BCUT2D eigenvalue weighted by molar-refractivity contribution is 5.95. The fraction of sp³-hybridized carbons (Fsp3) is 0.0385. The van der Waals surface area contributed by atoms with Crippen molar-refractivity contribution < 1.29 is 0 Å². The zero-order chi connectivity index (χ0) is 19.9. The molecule has 4 heteroatoms. The fourth-order valence-corrected chi connectivity index (χ4v) is 4.08. The number of rotatable bonds is 3. The summed E-state index contributed by atoms with van der Waals surface area (Å²) >= 11 is 0. The Bertz CT molecular complexity index is 1530. The van der Waals surface area contributed by atoms with Crippen molar-refractivity contribution in [2.24, 2.45) is 0 Å². The van der Waals surface area contributed by atoms with Crippen molar-refractivity contribution in [1.29, 1.82) is 0 Å². The molecule has 0 amide bonds. The van der Waals surface area contributed by atoms with Gasteiger partial charge in [-0.25, -0.2) is 9.50 Å². The van der Waals surface area contributed by atoms with Gasteiger partial charge in [-0.15, -0.1) is 0 Å². The van der Waals surface area contributed by atoms with Crippen LogP contribution in [0.15, 0.2) is 97.3 Å². The number of pyridine rings is 1. The molecule has 3 aromatic heterocycles. The Morgan fingerprint density at radius 3 is 2.63 bits per heavy atom. The molecule has 0 radical (unpaired) electrons. The minimum atomic E-state index is 0.762. The summed E-state index contributed by atoms with van der Waals surface area (Å²) in [6.45, 7) is 0. The molecule has 0 bridgehead atoms. The molecular weight excluding hydrogens is 368 g/mol. The maximum atomic E-state index is 4.96. The van der Waals surface area contributed by atoms with Crippen molar-refractivity contribution in [1.82, 2.24) is 19.6 Å². The predicted octanol–water partition coefficient (Wildman–Crippen LogP) is 5.69. The largest absolute Gasteiger partial charge is 0.256 e. The van der Waals surface area contributed by atoms with Crippen LogP contribution in [0.2, 0.25) is 0 Å². The van der Waals surface area contributed by atoms with Gasteiger partial charge >= 0.3 is 0 Å². The second kappa shape index (κ2) is 6.78. The SMILES string of the molecule is c1cnc2ccc(Cc3cnc4ccc(-c5cccc6ccccc56)nn34)cc2c1. The quantitative estimate of drug-likeness (QED) is 0.392. The molecule has 3 heterocycles. The molecule has 6 rings (SSSR count). The van der Waals surface area contributed by atoms with Crippen molar-refractivity contribution in [3.05, 3.63) is 109 Å². The first kappa shape index (κ1) is 16.9. The first-order chi connectivity index (χ1) is 14.8. The van der Waals surface area contributed by atoms with E-state index in [1.165, 1.54) is 16.3 Å². The Kier molecular flexibility index (Phi) is 3.81. The van der Waals surface area contributed by atoms with E-state index in [0.717, 1.165) is 39.9 Å². The van der Waals surface area contributed by atoms with E-state index in [0.29, 0.717) is 0 Å². The van der Waals surface area contributed by atoms with Crippen LogP contribution in [0.1, 0.15) is 11.3 Å². The van der Waals surface area contributed by atoms with Gasteiger partial charge in [0.05, 0.1) is 23.1 Å². The van der Waals surface area contributed by atoms with Crippen LogP contribution >= 0.6 is 0 Å². The maximum Gasteiger partial charge on any atom is 0.153 e. The normalized spacial score (nSPS) is 11.5. The number of hydrogen-bond donors (Lipinski definition) is 0. The van der Waals surface area contributed by atoms with Gasteiger partial charge in [-0.05, 0) is 46.7 Å². The molecule has 0 saturated carbocycles. The summed E-state index contributed by atoms with van der Waals surface area (Å²) in [7, 11) is 0. The first-order valence-electron chi connectivity index (χ1n) is 10.0. The van der Waals surface area contributed by atoms with Crippen LogP contribution in [0.3, 0.4) is 0 Å². The molecule has 142 valence electrons. The Morgan fingerprint density at radius 1 is 0.733 bits per heavy atom. The Labute approximate surface area is 173 Å². The van der Waals surface area contributed by atoms with Crippen molar-refractivity contribution in [2.75, 3.05) is 0 Å². The molecule has 6 aromatic rings. The highest BCUT2D eigenvalue weighted by Crippen LogP contribution is 2.27. The second-order valence-electron chi connectivity index (χ2n) is 7.47. The van der Waals surface area contributed by atoms with E-state index in [1.807, 2.05) is 29.0 Å². The Morgan fingerprint density at radius 2 is 1.63 bits per heavy atom. The lowest BCUT2D eigenvalue weighted by atomic mass is 10.0. The molecule has 0 unspecified atom stereocenters. The van der Waals surface area contributed by atoms with Crippen molar-refractivity contribution >= 4 is 27.3 Å². The Hall–Kier alpha value is -4.05. The fourth-order valence-electron chi connectivity index (χ4n) is 4.08. The van der Waals surface area contributed by atoms with Crippen LogP contribution in [0.25, 0.3) is 38.6 Å². The van der Waals surface area contributed by atoms with Crippen molar-refractivity contribution in [3.8, 4) is 11.3 Å². The minimum absolute atomic E-state index is 0.762. The lowest BCUT2D eigenvalue weighted by Gasteiger charge is -2.08. The summed E-state index contributed by atoms with van der Waals surface area (Å²) in [5.74, 6) is 0. The molecule has 0 aliphatic carbocycles. The van der Waals surface area contributed by atoms with Gasteiger partial charge in [0.2, 0.25) is 0 Å². The zero-order valence-electron chi connectivity index (χ0n) is 16.2. The van der Waals surface area contributed by atoms with Crippen LogP contribution in [0.4, 0.5) is 0 Å². The van der Waals surface area contributed by atoms with Crippen molar-refractivity contribution in [2.45, 2.75) is 6.42 Å². The average molecular weight is 386 g/mol. The van der Waals surface area contributed by atoms with Gasteiger partial charge in [-0.3, -0.25) is 4.98 Å². The topological polar surface area (TPSA) is 43.1 Å². The standard InChI is InChI=1S/C26H18N4/c1-2-8-22-19(5-1)6-3-9-23(22)25-12-13-26-28-17-21(30(26)29-25)16-18-10-11-24-20(15-18)7-4-14-27-24/h1-15,17H,16H2. The smallest absolute Gasteiger partial charge is 0.153 e. The van der Waals surface area contributed by atoms with E-state index in [4.69, 9.17) is 5.10 Å². The van der Waals surface area contributed by atoms with E-state index in [1.54, 1.807) is 0 Å². The van der Waals surface area contributed by atoms with E-state index in [2.05, 4.69) is 82.8 Å². The molecule has 4 nitrogen and oxygen atoms in total. The summed E-state index contributed by atoms with van der Waals surface area (Å²) in [5, 5.41) is 8.52. The van der Waals surface area contributed by atoms with Crippen LogP contribution in [-0.4, -0.2) is 19.6 Å². The number of fused-ring (bicyclic) bond motifs is 3. The van der Waals surface area contributed by atoms with Gasteiger partial charge < -0.3 is 0 Å². The van der Waals surface area contributed by atoms with E-state index in [-0.39, 0.29) is 0 Å². The lowest BCUT2D eigenvalue weighted by Crippen LogP contribution is -2.00. The summed E-state index contributed by atoms with van der Waals surface area (Å²) < 4.78 is 1.96. The first-order valence-corrected chi connectivity index (χ1v) is 10.0. The highest BCUT2D eigenvalue weighted by Gasteiger charge is 2.10. The number of imidazole rings is 1. The van der Waals surface area contributed by atoms with Crippen LogP contribution in [0, 0.1) is 0 Å². The Balaban J connectivity index is 1.44. The second-order valence-corrected chi connectivity index (χ2v) is 7.47. The third kappa shape index (κ3) is 2.81. The minimum Gasteiger partial charge on any atom is -0.256 e. The number of benzene rings is 3. The van der Waals surface area contributed by atoms with Gasteiger partial charge in [-0.1, -0.05) is 54.6 Å². The molecule has 0 atom stereocenters. The van der Waals surface area contributed by atoms with E-state index in [9.17, 15) is 0 Å². The molecule has 0 aliphatic heterocycles. The molecule has 3 aromatic carbocycles. The van der Waals surface area contributed by atoms with Crippen LogP contribution in [0.5, 0.6) is 0 Å². The number of hydrogen-bond acceptors (Lipinski definition) is 3. The summed E-state index contributed by atoms with van der Waals surface area (Å²) in [6.07, 6.45) is 4.51. The van der Waals surface area contributed by atoms with Crippen molar-refractivity contribution in [3.63, 3.8) is 0 Å². The maximum absolute atomic E-state index is 4.96. The molecule has 0 fully saturated rings. The molecule has 0 spiro atoms. The van der Waals surface area contributed by atoms with Gasteiger partial charge in [0.25, 0.3) is 0 Å². The molecule has 30 heavy (non-hydrogen) atoms. The van der Waals surface area contributed by atoms with Gasteiger partial charge in [0.1, 0.15) is 0 Å². The monoisotopic (exact) mass is 386 g/mol. The highest BCUT2D eigenvalue weighted by atomic mass is 15.3. The summed E-state index contributed by atoms with van der Waals surface area (Å²) in [5.41, 5.74) is 6.23.